The number of anilines is 1. The van der Waals surface area contributed by atoms with Gasteiger partial charge in [-0.15, -0.1) is 0 Å². The monoisotopic (exact) mass is 327 g/mol. The first-order valence-electron chi connectivity index (χ1n) is 6.57. The smallest absolute Gasteiger partial charge is 0.0657 e. The number of nitrogens with one attached hydrogen (secondary N) is 1. The number of halogens is 3. The Morgan fingerprint density at radius 1 is 0.950 bits per heavy atom. The van der Waals surface area contributed by atoms with Crippen molar-refractivity contribution in [1.29, 1.82) is 0 Å². The van der Waals surface area contributed by atoms with E-state index in [0.717, 1.165) is 24.1 Å². The van der Waals surface area contributed by atoms with Crippen molar-refractivity contribution < 1.29 is 0 Å². The first-order valence-corrected chi connectivity index (χ1v) is 7.71. The fourth-order valence-corrected chi connectivity index (χ4v) is 2.78. The second kappa shape index (κ2) is 7.21. The Morgan fingerprint density at radius 3 is 2.40 bits per heavy atom. The van der Waals surface area contributed by atoms with Gasteiger partial charge in [0.2, 0.25) is 0 Å². The molecule has 0 fully saturated rings. The van der Waals surface area contributed by atoms with E-state index in [0.29, 0.717) is 21.6 Å². The molecular formula is C16H16Cl3N. The molecule has 0 spiro atoms. The zero-order chi connectivity index (χ0) is 14.5. The van der Waals surface area contributed by atoms with Crippen LogP contribution >= 0.6 is 34.8 Å². The van der Waals surface area contributed by atoms with Crippen LogP contribution in [0.5, 0.6) is 0 Å². The topological polar surface area (TPSA) is 12.0 Å². The fraction of sp³-hybridized carbons (Fsp3) is 0.250. The van der Waals surface area contributed by atoms with E-state index in [2.05, 4.69) is 30.4 Å². The molecule has 0 unspecified atom stereocenters. The van der Waals surface area contributed by atoms with Crippen LogP contribution in [-0.4, -0.2) is 0 Å². The second-order valence-corrected chi connectivity index (χ2v) is 5.77. The molecular weight excluding hydrogens is 313 g/mol. The highest BCUT2D eigenvalue weighted by atomic mass is 35.5. The zero-order valence-corrected chi connectivity index (χ0v) is 13.5. The molecule has 0 saturated heterocycles. The van der Waals surface area contributed by atoms with Crippen LogP contribution in [0.2, 0.25) is 15.1 Å². The van der Waals surface area contributed by atoms with Gasteiger partial charge in [-0.1, -0.05) is 66.3 Å². The SMILES string of the molecule is CCCc1ccccc1NCc1c(Cl)ccc(Cl)c1Cl. The normalized spacial score (nSPS) is 10.6. The van der Waals surface area contributed by atoms with Crippen LogP contribution in [0.3, 0.4) is 0 Å². The lowest BCUT2D eigenvalue weighted by molar-refractivity contribution is 0.919. The molecule has 2 rings (SSSR count). The molecule has 0 bridgehead atoms. The highest BCUT2D eigenvalue weighted by Gasteiger charge is 2.10. The first-order chi connectivity index (χ1) is 9.63. The van der Waals surface area contributed by atoms with Crippen LogP contribution in [0, 0.1) is 0 Å². The van der Waals surface area contributed by atoms with Crippen LogP contribution in [0.1, 0.15) is 24.5 Å². The molecule has 0 saturated carbocycles. The largest absolute Gasteiger partial charge is 0.381 e. The molecule has 20 heavy (non-hydrogen) atoms. The highest BCUT2D eigenvalue weighted by Crippen LogP contribution is 2.32. The van der Waals surface area contributed by atoms with Crippen molar-refractivity contribution in [2.75, 3.05) is 5.32 Å². The molecule has 1 nitrogen and oxygen atoms in total. The third-order valence-corrected chi connectivity index (χ3v) is 4.33. The number of aryl methyl sites for hydroxylation is 1. The summed E-state index contributed by atoms with van der Waals surface area (Å²) < 4.78 is 0. The van der Waals surface area contributed by atoms with Gasteiger partial charge in [0.1, 0.15) is 0 Å². The maximum absolute atomic E-state index is 6.21. The lowest BCUT2D eigenvalue weighted by atomic mass is 10.1. The van der Waals surface area contributed by atoms with Gasteiger partial charge in [0.05, 0.1) is 10.0 Å². The van der Waals surface area contributed by atoms with Crippen LogP contribution in [0.4, 0.5) is 5.69 Å². The Balaban J connectivity index is 2.19. The summed E-state index contributed by atoms with van der Waals surface area (Å²) in [5.41, 5.74) is 3.23. The molecule has 0 aliphatic rings. The van der Waals surface area contributed by atoms with Gasteiger partial charge in [-0.2, -0.15) is 0 Å². The number of hydrogen-bond donors (Lipinski definition) is 1. The van der Waals surface area contributed by atoms with E-state index < -0.39 is 0 Å². The van der Waals surface area contributed by atoms with Crippen LogP contribution in [0.15, 0.2) is 36.4 Å². The molecule has 0 aliphatic heterocycles. The number of rotatable bonds is 5. The van der Waals surface area contributed by atoms with E-state index >= 15 is 0 Å². The summed E-state index contributed by atoms with van der Waals surface area (Å²) in [6.45, 7) is 2.72. The Hall–Kier alpha value is -0.890. The summed E-state index contributed by atoms with van der Waals surface area (Å²) in [5.74, 6) is 0. The van der Waals surface area contributed by atoms with E-state index in [-0.39, 0.29) is 0 Å². The summed E-state index contributed by atoms with van der Waals surface area (Å²) >= 11 is 18.4. The predicted molar refractivity (Wildman–Crippen MR) is 89.2 cm³/mol. The standard InChI is InChI=1S/C16H16Cl3N/c1-2-5-11-6-3-4-7-15(11)20-10-12-13(17)8-9-14(18)16(12)19/h3-4,6-9,20H,2,5,10H2,1H3. The van der Waals surface area contributed by atoms with Gasteiger partial charge in [-0.3, -0.25) is 0 Å². The highest BCUT2D eigenvalue weighted by molar-refractivity contribution is 6.44. The molecule has 106 valence electrons. The van der Waals surface area contributed by atoms with E-state index in [1.807, 2.05) is 6.07 Å². The van der Waals surface area contributed by atoms with E-state index in [9.17, 15) is 0 Å². The molecule has 0 atom stereocenters. The first kappa shape index (κ1) is 15.5. The Kier molecular flexibility index (Phi) is 5.59. The summed E-state index contributed by atoms with van der Waals surface area (Å²) in [4.78, 5) is 0. The Bertz CT molecular complexity index is 596. The van der Waals surface area contributed by atoms with Gasteiger partial charge >= 0.3 is 0 Å². The van der Waals surface area contributed by atoms with Crippen molar-refractivity contribution in [1.82, 2.24) is 0 Å². The summed E-state index contributed by atoms with van der Waals surface area (Å²) in [6, 6.07) is 11.7. The molecule has 0 radical (unpaired) electrons. The summed E-state index contributed by atoms with van der Waals surface area (Å²) in [5, 5.41) is 5.06. The third kappa shape index (κ3) is 3.60. The lowest BCUT2D eigenvalue weighted by Gasteiger charge is -2.14. The van der Waals surface area contributed by atoms with Crippen molar-refractivity contribution in [2.24, 2.45) is 0 Å². The average Bonchev–Trinajstić information content (AvgIpc) is 2.45. The summed E-state index contributed by atoms with van der Waals surface area (Å²) in [7, 11) is 0. The lowest BCUT2D eigenvalue weighted by Crippen LogP contribution is -2.03. The minimum Gasteiger partial charge on any atom is -0.381 e. The molecule has 0 aliphatic carbocycles. The fourth-order valence-electron chi connectivity index (χ4n) is 2.09. The predicted octanol–water partition coefficient (Wildman–Crippen LogP) is 6.21. The van der Waals surface area contributed by atoms with Crippen LogP contribution in [0.25, 0.3) is 0 Å². The average molecular weight is 329 g/mol. The molecule has 0 heterocycles. The van der Waals surface area contributed by atoms with Crippen molar-refractivity contribution in [3.05, 3.63) is 62.6 Å². The van der Waals surface area contributed by atoms with Crippen molar-refractivity contribution in [3.63, 3.8) is 0 Å². The maximum Gasteiger partial charge on any atom is 0.0657 e. The van der Waals surface area contributed by atoms with Crippen LogP contribution < -0.4 is 5.32 Å². The molecule has 2 aromatic rings. The molecule has 1 N–H and O–H groups in total. The minimum atomic E-state index is 0.514. The van der Waals surface area contributed by atoms with Gasteiger partial charge in [-0.25, -0.2) is 0 Å². The number of hydrogen-bond acceptors (Lipinski definition) is 1. The number of benzene rings is 2. The Labute approximate surface area is 134 Å². The van der Waals surface area contributed by atoms with Gasteiger partial charge in [0, 0.05) is 22.8 Å². The maximum atomic E-state index is 6.21. The van der Waals surface area contributed by atoms with Crippen LogP contribution in [-0.2, 0) is 13.0 Å². The zero-order valence-electron chi connectivity index (χ0n) is 11.2. The van der Waals surface area contributed by atoms with Gasteiger partial charge in [0.15, 0.2) is 0 Å². The van der Waals surface area contributed by atoms with E-state index in [1.165, 1.54) is 5.56 Å². The van der Waals surface area contributed by atoms with Gasteiger partial charge < -0.3 is 5.32 Å². The van der Waals surface area contributed by atoms with Gasteiger partial charge in [-0.05, 0) is 30.2 Å². The molecule has 0 aromatic heterocycles. The van der Waals surface area contributed by atoms with E-state index in [1.54, 1.807) is 12.1 Å². The summed E-state index contributed by atoms with van der Waals surface area (Å²) in [6.07, 6.45) is 2.15. The third-order valence-electron chi connectivity index (χ3n) is 3.13. The number of para-hydroxylation sites is 1. The van der Waals surface area contributed by atoms with Crippen molar-refractivity contribution >= 4 is 40.5 Å². The van der Waals surface area contributed by atoms with Crippen molar-refractivity contribution in [3.8, 4) is 0 Å². The quantitative estimate of drug-likeness (QED) is 0.643. The van der Waals surface area contributed by atoms with Crippen molar-refractivity contribution in [2.45, 2.75) is 26.3 Å². The van der Waals surface area contributed by atoms with E-state index in [4.69, 9.17) is 34.8 Å². The molecule has 0 amide bonds. The second-order valence-electron chi connectivity index (χ2n) is 4.58. The molecule has 4 heteroatoms. The Morgan fingerprint density at radius 2 is 1.65 bits per heavy atom. The molecule has 2 aromatic carbocycles. The van der Waals surface area contributed by atoms with Gasteiger partial charge in [0.25, 0.3) is 0 Å². The minimum absolute atomic E-state index is 0.514.